The average molecular weight is 889 g/mol. The van der Waals surface area contributed by atoms with Gasteiger partial charge in [0.15, 0.2) is 36.6 Å². The van der Waals surface area contributed by atoms with Crippen molar-refractivity contribution in [3.05, 3.63) is 46.5 Å². The van der Waals surface area contributed by atoms with E-state index in [1.807, 2.05) is 0 Å². The molecule has 10 atom stereocenters. The van der Waals surface area contributed by atoms with Crippen LogP contribution < -0.4 is 9.47 Å². The molecule has 2 aromatic rings. The molecule has 3 aliphatic rings. The SMILES string of the molecule is CC(=O)OC[C@H]1O[C@@H](c2c(O)c3c(c([C@H]4OC[C@@H](OC(C)=O)[C@@H](OC(C)=O)[C@@H]4OC(C)=O)c2O)OC(c2ccc(OC(C)=O)cc2)CC3)[C@H](OC(C)=O)[C@@H](OC(C)=O)[C@@H]1OC(C)=O. The van der Waals surface area contributed by atoms with Crippen LogP contribution >= 0.6 is 0 Å². The number of hydrogen-bond acceptors (Lipinski definition) is 21. The Morgan fingerprint density at radius 3 is 1.65 bits per heavy atom. The zero-order chi connectivity index (χ0) is 46.4. The van der Waals surface area contributed by atoms with Crippen LogP contribution in [0.15, 0.2) is 24.3 Å². The molecule has 1 unspecified atom stereocenters. The third kappa shape index (κ3) is 11.3. The first-order chi connectivity index (χ1) is 29.7. The molecule has 0 saturated carbocycles. The van der Waals surface area contributed by atoms with E-state index in [0.717, 1.165) is 48.5 Å². The lowest BCUT2D eigenvalue weighted by Crippen LogP contribution is -2.59. The molecule has 0 amide bonds. The summed E-state index contributed by atoms with van der Waals surface area (Å²) in [4.78, 5) is 98.9. The molecule has 0 spiro atoms. The summed E-state index contributed by atoms with van der Waals surface area (Å²) in [6.45, 7) is 7.42. The van der Waals surface area contributed by atoms with Gasteiger partial charge in [0, 0.05) is 61.0 Å². The largest absolute Gasteiger partial charge is 0.507 e. The van der Waals surface area contributed by atoms with Gasteiger partial charge in [0.2, 0.25) is 0 Å². The molecule has 342 valence electrons. The van der Waals surface area contributed by atoms with Crippen LogP contribution in [-0.4, -0.2) is 114 Å². The monoisotopic (exact) mass is 888 g/mol. The van der Waals surface area contributed by atoms with E-state index in [1.165, 1.54) is 19.1 Å². The first kappa shape index (κ1) is 47.6. The standard InChI is InChI=1S/C42H48O21/c1-17(43)53-15-30-37(58-21(5)47)41(60-23(7)49)42(61-24(8)50)39(63-30)31-33(51)27-13-14-28(25-9-11-26(12-10-25)55-18(2)44)62-35(27)32(34(31)52)38-40(59-22(6)48)36(57-20(4)46)29(16-54-38)56-19(3)45/h9-12,28-30,36-42,51-52H,13-16H2,1-8H3/t28?,29-,30-,36-,37-,38-,39+,40+,41+,42+/m1/s1. The highest BCUT2D eigenvalue weighted by Gasteiger charge is 2.56. The molecular formula is C42H48O21. The summed E-state index contributed by atoms with van der Waals surface area (Å²) in [5, 5.41) is 25.0. The predicted molar refractivity (Wildman–Crippen MR) is 205 cm³/mol. The number of rotatable bonds is 12. The molecule has 0 aliphatic carbocycles. The number of phenolic OH excluding ortho intramolecular Hbond substituents is 2. The van der Waals surface area contributed by atoms with Crippen molar-refractivity contribution in [3.63, 3.8) is 0 Å². The number of fused-ring (bicyclic) bond motifs is 1. The Morgan fingerprint density at radius 2 is 1.11 bits per heavy atom. The van der Waals surface area contributed by atoms with Crippen molar-refractivity contribution in [3.8, 4) is 23.0 Å². The molecular weight excluding hydrogens is 840 g/mol. The first-order valence-electron chi connectivity index (χ1n) is 19.7. The molecule has 21 nitrogen and oxygen atoms in total. The van der Waals surface area contributed by atoms with E-state index in [9.17, 15) is 48.6 Å². The van der Waals surface area contributed by atoms with Crippen LogP contribution in [-0.2, 0) is 87.4 Å². The van der Waals surface area contributed by atoms with Gasteiger partial charge in [0.05, 0.1) is 17.7 Å². The Kier molecular flexibility index (Phi) is 15.2. The van der Waals surface area contributed by atoms with E-state index < -0.39 is 139 Å². The van der Waals surface area contributed by atoms with Crippen LogP contribution in [0.4, 0.5) is 0 Å². The van der Waals surface area contributed by atoms with E-state index in [1.54, 1.807) is 12.1 Å². The Balaban J connectivity index is 1.79. The highest BCUT2D eigenvalue weighted by molar-refractivity contribution is 5.72. The number of aromatic hydroxyl groups is 2. The van der Waals surface area contributed by atoms with Crippen molar-refractivity contribution in [2.75, 3.05) is 13.2 Å². The zero-order valence-corrected chi connectivity index (χ0v) is 35.6. The van der Waals surface area contributed by atoms with Crippen LogP contribution in [0, 0.1) is 0 Å². The molecule has 0 radical (unpaired) electrons. The summed E-state index contributed by atoms with van der Waals surface area (Å²) in [5.74, 6) is -8.28. The number of carbonyl (C=O) groups excluding carboxylic acids is 8. The van der Waals surface area contributed by atoms with E-state index in [2.05, 4.69) is 0 Å². The maximum atomic E-state index is 12.8. The second kappa shape index (κ2) is 20.1. The van der Waals surface area contributed by atoms with Crippen LogP contribution in [0.3, 0.4) is 0 Å². The first-order valence-corrected chi connectivity index (χ1v) is 19.7. The Morgan fingerprint density at radius 1 is 0.587 bits per heavy atom. The molecule has 2 aromatic carbocycles. The number of esters is 8. The molecule has 63 heavy (non-hydrogen) atoms. The van der Waals surface area contributed by atoms with Gasteiger partial charge in [0.1, 0.15) is 54.0 Å². The van der Waals surface area contributed by atoms with Gasteiger partial charge in [-0.3, -0.25) is 38.4 Å². The van der Waals surface area contributed by atoms with E-state index in [0.29, 0.717) is 5.56 Å². The second-order valence-corrected chi connectivity index (χ2v) is 14.8. The Labute approximate surface area is 360 Å². The van der Waals surface area contributed by atoms with E-state index in [-0.39, 0.29) is 35.5 Å². The minimum Gasteiger partial charge on any atom is -0.507 e. The van der Waals surface area contributed by atoms with Crippen molar-refractivity contribution in [1.82, 2.24) is 0 Å². The minimum absolute atomic E-state index is 0.00904. The molecule has 3 heterocycles. The average Bonchev–Trinajstić information content (AvgIpc) is 3.17. The van der Waals surface area contributed by atoms with Crippen LogP contribution in [0.5, 0.6) is 23.0 Å². The Hall–Kier alpha value is -6.48. The highest BCUT2D eigenvalue weighted by Crippen LogP contribution is 2.56. The quantitative estimate of drug-likeness (QED) is 0.176. The lowest BCUT2D eigenvalue weighted by atomic mass is 9.83. The summed E-state index contributed by atoms with van der Waals surface area (Å²) in [5.41, 5.74) is -0.282. The topological polar surface area (TPSA) is 279 Å². The van der Waals surface area contributed by atoms with Crippen LogP contribution in [0.25, 0.3) is 0 Å². The molecule has 5 rings (SSSR count). The van der Waals surface area contributed by atoms with Gasteiger partial charge in [0.25, 0.3) is 0 Å². The number of hydrogen-bond donors (Lipinski definition) is 2. The lowest BCUT2D eigenvalue weighted by molar-refractivity contribution is -0.255. The van der Waals surface area contributed by atoms with Crippen molar-refractivity contribution in [2.45, 2.75) is 129 Å². The second-order valence-electron chi connectivity index (χ2n) is 14.8. The molecule has 0 bridgehead atoms. The fourth-order valence-electron chi connectivity index (χ4n) is 7.77. The smallest absolute Gasteiger partial charge is 0.308 e. The van der Waals surface area contributed by atoms with Gasteiger partial charge in [-0.2, -0.15) is 0 Å². The third-order valence-electron chi connectivity index (χ3n) is 9.91. The van der Waals surface area contributed by atoms with Gasteiger partial charge >= 0.3 is 47.8 Å². The van der Waals surface area contributed by atoms with Crippen molar-refractivity contribution in [2.24, 2.45) is 0 Å². The molecule has 2 N–H and O–H groups in total. The molecule has 3 aliphatic heterocycles. The third-order valence-corrected chi connectivity index (χ3v) is 9.91. The van der Waals surface area contributed by atoms with Gasteiger partial charge in [-0.15, -0.1) is 0 Å². The van der Waals surface area contributed by atoms with Gasteiger partial charge in [-0.1, -0.05) is 12.1 Å². The summed E-state index contributed by atoms with van der Waals surface area (Å²) in [7, 11) is 0. The van der Waals surface area contributed by atoms with Gasteiger partial charge in [-0.05, 0) is 30.5 Å². The van der Waals surface area contributed by atoms with Crippen LogP contribution in [0.1, 0.15) is 102 Å². The lowest BCUT2D eigenvalue weighted by Gasteiger charge is -2.45. The maximum absolute atomic E-state index is 12.8. The molecule has 2 saturated heterocycles. The number of phenols is 2. The van der Waals surface area contributed by atoms with Gasteiger partial charge < -0.3 is 62.3 Å². The fourth-order valence-corrected chi connectivity index (χ4v) is 7.77. The zero-order valence-electron chi connectivity index (χ0n) is 35.6. The fraction of sp³-hybridized carbons (Fsp3) is 0.524. The van der Waals surface area contributed by atoms with E-state index >= 15 is 0 Å². The van der Waals surface area contributed by atoms with Crippen molar-refractivity contribution >= 4 is 47.8 Å². The normalized spacial score (nSPS) is 26.3. The molecule has 2 fully saturated rings. The summed E-state index contributed by atoms with van der Waals surface area (Å²) < 4.78 is 62.9. The van der Waals surface area contributed by atoms with Crippen LogP contribution in [0.2, 0.25) is 0 Å². The summed E-state index contributed by atoms with van der Waals surface area (Å²) >= 11 is 0. The predicted octanol–water partition coefficient (Wildman–Crippen LogP) is 2.75. The van der Waals surface area contributed by atoms with Crippen molar-refractivity contribution in [1.29, 1.82) is 0 Å². The number of benzene rings is 2. The van der Waals surface area contributed by atoms with E-state index in [4.69, 9.17) is 52.1 Å². The van der Waals surface area contributed by atoms with Crippen molar-refractivity contribution < 1.29 is 101 Å². The highest BCUT2D eigenvalue weighted by atomic mass is 16.7. The maximum Gasteiger partial charge on any atom is 0.308 e. The summed E-state index contributed by atoms with van der Waals surface area (Å²) in [6, 6.07) is 6.30. The molecule has 21 heteroatoms. The van der Waals surface area contributed by atoms with Gasteiger partial charge in [-0.25, -0.2) is 0 Å². The number of ether oxygens (including phenoxy) is 11. The summed E-state index contributed by atoms with van der Waals surface area (Å²) in [6.07, 6.45) is -15.4. The number of carbonyl (C=O) groups is 8. The minimum atomic E-state index is -1.84. The molecule has 0 aromatic heterocycles. The Bertz CT molecular complexity index is 2110.